The molecular formula is C6H15ClNNa. The Kier molecular flexibility index (Phi) is 10.6. The summed E-state index contributed by atoms with van der Waals surface area (Å²) in [5.74, 6) is 0. The predicted octanol–water partition coefficient (Wildman–Crippen LogP) is -1.16. The van der Waals surface area contributed by atoms with Crippen LogP contribution in [0.1, 0.15) is 22.2 Å². The van der Waals surface area contributed by atoms with E-state index in [1.54, 1.807) is 0 Å². The van der Waals surface area contributed by atoms with E-state index in [1.807, 2.05) is 20.8 Å². The minimum atomic E-state index is -0.194. The molecule has 9 heavy (non-hydrogen) atoms. The molecule has 0 rings (SSSR count). The average molecular weight is 160 g/mol. The summed E-state index contributed by atoms with van der Waals surface area (Å²) in [5.41, 5.74) is 6.41. The van der Waals surface area contributed by atoms with Gasteiger partial charge in [-0.25, -0.2) is 0 Å². The van der Waals surface area contributed by atoms with E-state index in [1.165, 1.54) is 0 Å². The Balaban J connectivity index is -0.0000000600. The van der Waals surface area contributed by atoms with Crippen LogP contribution in [0.2, 0.25) is 0 Å². The van der Waals surface area contributed by atoms with E-state index in [4.69, 9.17) is 5.73 Å². The monoisotopic (exact) mass is 159 g/mol. The second-order valence-corrected chi connectivity index (χ2v) is 2.50. The van der Waals surface area contributed by atoms with Crippen molar-refractivity contribution in [3.05, 3.63) is 12.2 Å². The van der Waals surface area contributed by atoms with Gasteiger partial charge >= 0.3 is 29.6 Å². The molecule has 1 nitrogen and oxygen atoms in total. The fourth-order valence-electron chi connectivity index (χ4n) is 0. The summed E-state index contributed by atoms with van der Waals surface area (Å²) in [6.45, 7) is 9.51. The molecule has 0 heterocycles. The Morgan fingerprint density at radius 1 is 1.56 bits per heavy atom. The third-order valence-corrected chi connectivity index (χ3v) is 1.10. The minimum absolute atomic E-state index is 0. The Morgan fingerprint density at radius 2 is 1.67 bits per heavy atom. The number of nitrogens with two attached hydrogens (primary N) is 1. The topological polar surface area (TPSA) is 26.0 Å². The van der Waals surface area contributed by atoms with Crippen LogP contribution in [0.15, 0.2) is 12.2 Å². The van der Waals surface area contributed by atoms with Crippen LogP contribution in [-0.2, 0) is 0 Å². The Hall–Kier alpha value is 0.990. The largest absolute Gasteiger partial charge is 1.00 e. The normalized spacial score (nSPS) is 8.89. The van der Waals surface area contributed by atoms with E-state index in [-0.39, 0.29) is 48.9 Å². The molecule has 0 atom stereocenters. The van der Waals surface area contributed by atoms with Gasteiger partial charge in [-0.05, 0) is 20.8 Å². The predicted molar refractivity (Wildman–Crippen MR) is 41.4 cm³/mol. The van der Waals surface area contributed by atoms with Crippen LogP contribution >= 0.6 is 12.4 Å². The summed E-state index contributed by atoms with van der Waals surface area (Å²) in [7, 11) is 0. The van der Waals surface area contributed by atoms with Crippen LogP contribution in [0.5, 0.6) is 0 Å². The SMILES string of the molecule is C=C(C)C(C)(C)N.Cl.[H-].[Na+]. The molecule has 0 bridgehead atoms. The molecule has 0 fully saturated rings. The maximum absolute atomic E-state index is 5.58. The van der Waals surface area contributed by atoms with Crippen molar-refractivity contribution in [3.8, 4) is 0 Å². The summed E-state index contributed by atoms with van der Waals surface area (Å²) >= 11 is 0. The molecule has 0 amide bonds. The van der Waals surface area contributed by atoms with Crippen molar-refractivity contribution in [1.29, 1.82) is 0 Å². The van der Waals surface area contributed by atoms with E-state index >= 15 is 0 Å². The van der Waals surface area contributed by atoms with Crippen LogP contribution in [0.25, 0.3) is 0 Å². The van der Waals surface area contributed by atoms with Gasteiger partial charge in [-0.3, -0.25) is 0 Å². The van der Waals surface area contributed by atoms with Crippen LogP contribution in [-0.4, -0.2) is 5.54 Å². The molecule has 0 aromatic heterocycles. The van der Waals surface area contributed by atoms with Crippen molar-refractivity contribution in [2.45, 2.75) is 26.3 Å². The van der Waals surface area contributed by atoms with Crippen molar-refractivity contribution in [3.63, 3.8) is 0 Å². The number of hydrogen-bond donors (Lipinski definition) is 1. The van der Waals surface area contributed by atoms with Gasteiger partial charge in [-0.2, -0.15) is 0 Å². The molecule has 52 valence electrons. The van der Waals surface area contributed by atoms with Gasteiger partial charge in [0.25, 0.3) is 0 Å². The molecule has 0 aliphatic carbocycles. The summed E-state index contributed by atoms with van der Waals surface area (Å²) in [6, 6.07) is 0. The Morgan fingerprint density at radius 3 is 1.67 bits per heavy atom. The zero-order valence-electron chi connectivity index (χ0n) is 7.69. The van der Waals surface area contributed by atoms with Gasteiger partial charge in [0.1, 0.15) is 0 Å². The third-order valence-electron chi connectivity index (χ3n) is 1.10. The maximum Gasteiger partial charge on any atom is 1.00 e. The van der Waals surface area contributed by atoms with Crippen molar-refractivity contribution >= 4 is 12.4 Å². The quantitative estimate of drug-likeness (QED) is 0.379. The first-order chi connectivity index (χ1) is 2.94. The third kappa shape index (κ3) is 8.99. The second-order valence-electron chi connectivity index (χ2n) is 2.50. The zero-order chi connectivity index (χ0) is 6.08. The van der Waals surface area contributed by atoms with Gasteiger partial charge in [0, 0.05) is 5.54 Å². The van der Waals surface area contributed by atoms with Gasteiger partial charge in [0.15, 0.2) is 0 Å². The van der Waals surface area contributed by atoms with E-state index in [9.17, 15) is 0 Å². The Labute approximate surface area is 87.3 Å². The van der Waals surface area contributed by atoms with Crippen molar-refractivity contribution < 1.29 is 31.0 Å². The first-order valence-electron chi connectivity index (χ1n) is 2.39. The standard InChI is InChI=1S/C6H13N.ClH.Na.H/c1-5(2)6(3,4)7;;;/h1,7H2,2-4H3;1H;;/q;;+1;-1. The van der Waals surface area contributed by atoms with Crippen LogP contribution in [0.3, 0.4) is 0 Å². The first-order valence-corrected chi connectivity index (χ1v) is 2.39. The fraction of sp³-hybridized carbons (Fsp3) is 0.667. The maximum atomic E-state index is 5.58. The average Bonchev–Trinajstić information content (AvgIpc) is 1.31. The van der Waals surface area contributed by atoms with E-state index in [2.05, 4.69) is 6.58 Å². The Bertz CT molecular complexity index is 90.2. The molecule has 0 saturated heterocycles. The number of hydrogen-bond acceptors (Lipinski definition) is 1. The van der Waals surface area contributed by atoms with Gasteiger partial charge in [0.05, 0.1) is 0 Å². The van der Waals surface area contributed by atoms with Gasteiger partial charge < -0.3 is 7.16 Å². The fourth-order valence-corrected chi connectivity index (χ4v) is 0. The second kappa shape index (κ2) is 5.75. The van der Waals surface area contributed by atoms with E-state index in [0.717, 1.165) is 5.57 Å². The van der Waals surface area contributed by atoms with Crippen LogP contribution in [0.4, 0.5) is 0 Å². The molecule has 0 aromatic rings. The molecule has 0 radical (unpaired) electrons. The van der Waals surface area contributed by atoms with Crippen LogP contribution < -0.4 is 35.3 Å². The van der Waals surface area contributed by atoms with Gasteiger partial charge in [-0.15, -0.1) is 12.4 Å². The molecule has 2 N–H and O–H groups in total. The summed E-state index contributed by atoms with van der Waals surface area (Å²) < 4.78 is 0. The van der Waals surface area contributed by atoms with E-state index < -0.39 is 0 Å². The molecule has 0 saturated carbocycles. The zero-order valence-corrected chi connectivity index (χ0v) is 9.51. The molecule has 0 aliphatic heterocycles. The van der Waals surface area contributed by atoms with E-state index in [0.29, 0.717) is 0 Å². The van der Waals surface area contributed by atoms with Gasteiger partial charge in [0.2, 0.25) is 0 Å². The van der Waals surface area contributed by atoms with Gasteiger partial charge in [-0.1, -0.05) is 12.2 Å². The molecular weight excluding hydrogens is 145 g/mol. The summed E-state index contributed by atoms with van der Waals surface area (Å²) in [5, 5.41) is 0. The molecule has 3 heteroatoms. The van der Waals surface area contributed by atoms with Crippen molar-refractivity contribution in [1.82, 2.24) is 0 Å². The minimum Gasteiger partial charge on any atom is -1.00 e. The first kappa shape index (κ1) is 16.5. The molecule has 0 aromatic carbocycles. The summed E-state index contributed by atoms with van der Waals surface area (Å²) in [4.78, 5) is 0. The molecule has 0 unspecified atom stereocenters. The number of halogens is 1. The van der Waals surface area contributed by atoms with Crippen molar-refractivity contribution in [2.75, 3.05) is 0 Å². The smallest absolute Gasteiger partial charge is 1.00 e. The molecule has 0 aliphatic rings. The molecule has 0 spiro atoms. The van der Waals surface area contributed by atoms with Crippen molar-refractivity contribution in [2.24, 2.45) is 5.73 Å². The van der Waals surface area contributed by atoms with Crippen LogP contribution in [0, 0.1) is 0 Å². The summed E-state index contributed by atoms with van der Waals surface area (Å²) in [6.07, 6.45) is 0. The number of rotatable bonds is 1.